The summed E-state index contributed by atoms with van der Waals surface area (Å²) in [6.45, 7) is -0.0367. The molecule has 2 unspecified atom stereocenters. The lowest BCUT2D eigenvalue weighted by molar-refractivity contribution is -0.233. The molecule has 0 spiro atoms. The average Bonchev–Trinajstić information content (AvgIpc) is 2.87. The summed E-state index contributed by atoms with van der Waals surface area (Å²) in [7, 11) is 0. The number of nitrogens with zero attached hydrogens (tertiary/aromatic N) is 1. The minimum absolute atomic E-state index is 0.0367. The molecule has 0 aromatic heterocycles. The molecule has 0 N–H and O–H groups in total. The third-order valence-corrected chi connectivity index (χ3v) is 4.39. The van der Waals surface area contributed by atoms with Crippen LogP contribution in [-0.2, 0) is 25.6 Å². The number of fused-ring (bicyclic) bond motifs is 3. The van der Waals surface area contributed by atoms with Crippen LogP contribution in [0.2, 0.25) is 0 Å². The van der Waals surface area contributed by atoms with Gasteiger partial charge in [-0.05, 0) is 17.4 Å². The van der Waals surface area contributed by atoms with Crippen molar-refractivity contribution >= 4 is 23.6 Å². The number of morpholine rings is 1. The second-order valence-electron chi connectivity index (χ2n) is 5.12. The molecule has 2 atom stereocenters. The third-order valence-electron chi connectivity index (χ3n) is 3.78. The van der Waals surface area contributed by atoms with Gasteiger partial charge in [0.1, 0.15) is 12.6 Å². The number of hydroxylamine groups is 2. The number of benzene rings is 1. The molecule has 1 aromatic rings. The Morgan fingerprint density at radius 2 is 2.29 bits per heavy atom. The first-order valence-electron chi connectivity index (χ1n) is 6.92. The van der Waals surface area contributed by atoms with E-state index in [1.807, 2.05) is 30.5 Å². The molecule has 21 heavy (non-hydrogen) atoms. The molecule has 5 nitrogen and oxygen atoms in total. The fraction of sp³-hybridized carbons (Fsp3) is 0.467. The van der Waals surface area contributed by atoms with E-state index in [0.29, 0.717) is 12.2 Å². The monoisotopic (exact) mass is 307 g/mol. The van der Waals surface area contributed by atoms with Crippen molar-refractivity contribution < 1.29 is 19.2 Å². The van der Waals surface area contributed by atoms with Crippen molar-refractivity contribution in [1.29, 1.82) is 0 Å². The fourth-order valence-electron chi connectivity index (χ4n) is 2.81. The van der Waals surface area contributed by atoms with Gasteiger partial charge >= 0.3 is 5.97 Å². The molecule has 1 fully saturated rings. The summed E-state index contributed by atoms with van der Waals surface area (Å²) in [6, 6.07) is 7.56. The average molecular weight is 307 g/mol. The van der Waals surface area contributed by atoms with Gasteiger partial charge in [0, 0.05) is 12.2 Å². The zero-order chi connectivity index (χ0) is 14.8. The predicted octanol–water partition coefficient (Wildman–Crippen LogP) is 1.72. The van der Waals surface area contributed by atoms with Gasteiger partial charge in [0.15, 0.2) is 0 Å². The van der Waals surface area contributed by atoms with E-state index < -0.39 is 0 Å². The van der Waals surface area contributed by atoms with Crippen LogP contribution in [0.3, 0.4) is 0 Å². The van der Waals surface area contributed by atoms with E-state index in [-0.39, 0.29) is 30.6 Å². The Kier molecular flexibility index (Phi) is 4.17. The summed E-state index contributed by atoms with van der Waals surface area (Å²) in [4.78, 5) is 29.2. The van der Waals surface area contributed by atoms with Crippen LogP contribution in [-0.4, -0.2) is 41.7 Å². The summed E-state index contributed by atoms with van der Waals surface area (Å²) >= 11 is 1.57. The Balaban J connectivity index is 1.81. The zero-order valence-electron chi connectivity index (χ0n) is 11.8. The number of ether oxygens (including phenoxy) is 1. The van der Waals surface area contributed by atoms with Crippen LogP contribution in [0.1, 0.15) is 23.6 Å². The molecule has 1 amide bonds. The minimum atomic E-state index is -0.372. The summed E-state index contributed by atoms with van der Waals surface area (Å²) in [6.07, 6.45) is 2.84. The van der Waals surface area contributed by atoms with Gasteiger partial charge in [-0.25, -0.2) is 4.79 Å². The molecule has 1 aliphatic carbocycles. The summed E-state index contributed by atoms with van der Waals surface area (Å²) in [5.41, 5.74) is 2.15. The maximum Gasteiger partial charge on any atom is 0.333 e. The van der Waals surface area contributed by atoms with Crippen LogP contribution in [0.15, 0.2) is 24.3 Å². The number of hydrogen-bond donors (Lipinski definition) is 0. The highest BCUT2D eigenvalue weighted by Gasteiger charge is 2.45. The van der Waals surface area contributed by atoms with E-state index >= 15 is 0 Å². The molecule has 1 aromatic carbocycles. The van der Waals surface area contributed by atoms with E-state index in [4.69, 9.17) is 9.57 Å². The third kappa shape index (κ3) is 2.78. The van der Waals surface area contributed by atoms with Gasteiger partial charge in [0.25, 0.3) is 5.91 Å². The molecule has 0 bridgehead atoms. The lowest BCUT2D eigenvalue weighted by atomic mass is 10.1. The highest BCUT2D eigenvalue weighted by atomic mass is 32.2. The lowest BCUT2D eigenvalue weighted by Crippen LogP contribution is -2.48. The van der Waals surface area contributed by atoms with Crippen molar-refractivity contribution in [3.8, 4) is 0 Å². The summed E-state index contributed by atoms with van der Waals surface area (Å²) in [5, 5.41) is 1.22. The maximum atomic E-state index is 12.1. The summed E-state index contributed by atoms with van der Waals surface area (Å²) in [5.74, 6) is 0.00961. The van der Waals surface area contributed by atoms with Gasteiger partial charge < -0.3 is 9.57 Å². The normalized spacial score (nSPS) is 23.7. The predicted molar refractivity (Wildman–Crippen MR) is 78.6 cm³/mol. The number of carbonyl (C=O) groups is 2. The molecular formula is C15H17NO4S. The van der Waals surface area contributed by atoms with Crippen molar-refractivity contribution in [3.63, 3.8) is 0 Å². The number of thioether (sulfide) groups is 1. The second-order valence-corrected chi connectivity index (χ2v) is 6.11. The minimum Gasteiger partial charge on any atom is -0.365 e. The fourth-order valence-corrected chi connectivity index (χ4v) is 3.18. The van der Waals surface area contributed by atoms with Crippen molar-refractivity contribution in [3.05, 3.63) is 35.4 Å². The number of carbonyl (C=O) groups excluding carboxylic acids is 2. The molecular weight excluding hydrogens is 290 g/mol. The maximum absolute atomic E-state index is 12.1. The highest BCUT2D eigenvalue weighted by molar-refractivity contribution is 7.98. The first kappa shape index (κ1) is 14.4. The quantitative estimate of drug-likeness (QED) is 0.848. The Hall–Kier alpha value is -1.53. The Labute approximate surface area is 127 Å². The van der Waals surface area contributed by atoms with E-state index in [0.717, 1.165) is 17.5 Å². The first-order valence-corrected chi connectivity index (χ1v) is 8.31. The molecule has 1 heterocycles. The molecule has 3 rings (SSSR count). The van der Waals surface area contributed by atoms with E-state index in [9.17, 15) is 9.59 Å². The van der Waals surface area contributed by atoms with Gasteiger partial charge in [0.2, 0.25) is 0 Å². The molecule has 0 radical (unpaired) electrons. The molecule has 0 saturated carbocycles. The van der Waals surface area contributed by atoms with E-state index in [1.54, 1.807) is 11.8 Å². The van der Waals surface area contributed by atoms with Crippen LogP contribution in [0, 0.1) is 0 Å². The second kappa shape index (κ2) is 6.07. The van der Waals surface area contributed by atoms with Crippen molar-refractivity contribution in [1.82, 2.24) is 5.06 Å². The Bertz CT molecular complexity index is 562. The molecule has 6 heteroatoms. The van der Waals surface area contributed by atoms with Crippen LogP contribution in [0.4, 0.5) is 0 Å². The Morgan fingerprint density at radius 1 is 1.48 bits per heavy atom. The van der Waals surface area contributed by atoms with E-state index in [2.05, 4.69) is 0 Å². The number of hydrogen-bond acceptors (Lipinski definition) is 5. The van der Waals surface area contributed by atoms with Crippen LogP contribution in [0.25, 0.3) is 0 Å². The number of rotatable bonds is 4. The van der Waals surface area contributed by atoms with Crippen LogP contribution >= 0.6 is 11.8 Å². The van der Waals surface area contributed by atoms with Gasteiger partial charge in [-0.2, -0.15) is 16.8 Å². The van der Waals surface area contributed by atoms with Crippen molar-refractivity contribution in [2.24, 2.45) is 0 Å². The van der Waals surface area contributed by atoms with Gasteiger partial charge in [-0.15, -0.1) is 0 Å². The van der Waals surface area contributed by atoms with Crippen molar-refractivity contribution in [2.75, 3.05) is 18.6 Å². The lowest BCUT2D eigenvalue weighted by Gasteiger charge is -2.35. The number of amides is 1. The van der Waals surface area contributed by atoms with Crippen molar-refractivity contribution in [2.45, 2.75) is 25.0 Å². The SMILES string of the molecule is CSCCC(=O)ON1C(=O)COC2Cc3ccccc3C21. The van der Waals surface area contributed by atoms with E-state index in [1.165, 1.54) is 5.06 Å². The zero-order valence-corrected chi connectivity index (χ0v) is 12.6. The summed E-state index contributed by atoms with van der Waals surface area (Å²) < 4.78 is 5.60. The highest BCUT2D eigenvalue weighted by Crippen LogP contribution is 2.40. The van der Waals surface area contributed by atoms with Crippen LogP contribution < -0.4 is 0 Å². The van der Waals surface area contributed by atoms with Gasteiger partial charge in [0.05, 0.1) is 12.5 Å². The molecule has 2 aliphatic rings. The van der Waals surface area contributed by atoms with Gasteiger partial charge in [-0.3, -0.25) is 4.79 Å². The van der Waals surface area contributed by atoms with Gasteiger partial charge in [-0.1, -0.05) is 24.3 Å². The standard InChI is InChI=1S/C15H17NO4S/c1-21-7-6-14(18)20-16-13(17)9-19-12-8-10-4-2-3-5-11(10)15(12)16/h2-5,12,15H,6-9H2,1H3. The topological polar surface area (TPSA) is 55.8 Å². The Morgan fingerprint density at radius 3 is 3.10 bits per heavy atom. The molecule has 112 valence electrons. The molecule has 1 saturated heterocycles. The van der Waals surface area contributed by atoms with Crippen LogP contribution in [0.5, 0.6) is 0 Å². The molecule has 1 aliphatic heterocycles. The largest absolute Gasteiger partial charge is 0.365 e. The first-order chi connectivity index (χ1) is 10.2. The smallest absolute Gasteiger partial charge is 0.333 e.